The highest BCUT2D eigenvalue weighted by Gasteiger charge is 2.29. The van der Waals surface area contributed by atoms with Gasteiger partial charge in [-0.3, -0.25) is 9.59 Å². The summed E-state index contributed by atoms with van der Waals surface area (Å²) >= 11 is 0. The lowest BCUT2D eigenvalue weighted by molar-refractivity contribution is -0.147. The number of aromatic hydroxyl groups is 2. The van der Waals surface area contributed by atoms with Gasteiger partial charge in [0.05, 0.1) is 13.7 Å². The lowest BCUT2D eigenvalue weighted by Crippen LogP contribution is -2.24. The van der Waals surface area contributed by atoms with Crippen molar-refractivity contribution in [3.63, 3.8) is 0 Å². The van der Waals surface area contributed by atoms with Crippen molar-refractivity contribution in [2.75, 3.05) is 20.3 Å². The van der Waals surface area contributed by atoms with Crippen molar-refractivity contribution in [1.82, 2.24) is 0 Å². The van der Waals surface area contributed by atoms with Gasteiger partial charge in [0.25, 0.3) is 0 Å². The van der Waals surface area contributed by atoms with Crippen LogP contribution < -0.4 is 9.47 Å². The van der Waals surface area contributed by atoms with Crippen molar-refractivity contribution in [3.05, 3.63) is 47.5 Å². The monoisotopic (exact) mass is 528 g/mol. The minimum absolute atomic E-state index is 0.00129. The molecule has 0 aromatic heterocycles. The van der Waals surface area contributed by atoms with Crippen LogP contribution in [0.25, 0.3) is 0 Å². The first-order valence-corrected chi connectivity index (χ1v) is 13.4. The summed E-state index contributed by atoms with van der Waals surface area (Å²) in [6.45, 7) is 1.24. The number of methoxy groups -OCH3 is 1. The van der Waals surface area contributed by atoms with Crippen LogP contribution in [0.5, 0.6) is 23.0 Å². The van der Waals surface area contributed by atoms with Gasteiger partial charge in [-0.1, -0.05) is 31.4 Å². The Morgan fingerprint density at radius 2 is 1.68 bits per heavy atom. The molecular formula is C30H40O8. The first-order chi connectivity index (χ1) is 18.3. The quantitative estimate of drug-likeness (QED) is 0.291. The van der Waals surface area contributed by atoms with Crippen molar-refractivity contribution in [2.45, 2.75) is 76.7 Å². The second-order valence-electron chi connectivity index (χ2n) is 10.0. The number of Topliss-reactive ketones (excluding diaryl/α,β-unsaturated/α-hetero) is 1. The summed E-state index contributed by atoms with van der Waals surface area (Å²) in [5.41, 5.74) is 1.83. The van der Waals surface area contributed by atoms with Crippen molar-refractivity contribution in [2.24, 2.45) is 5.92 Å². The molecule has 0 radical (unpaired) electrons. The fourth-order valence-corrected chi connectivity index (χ4v) is 5.35. The molecule has 3 N–H and O–H groups in total. The van der Waals surface area contributed by atoms with Crippen LogP contribution in [0.4, 0.5) is 0 Å². The number of carbonyl (C=O) groups is 2. The molecule has 0 aliphatic heterocycles. The van der Waals surface area contributed by atoms with E-state index in [4.69, 9.17) is 19.3 Å². The fraction of sp³-hybridized carbons (Fsp3) is 0.533. The number of benzene rings is 2. The molecule has 8 heteroatoms. The van der Waals surface area contributed by atoms with Crippen molar-refractivity contribution < 1.29 is 39.1 Å². The Kier molecular flexibility index (Phi) is 11.3. The molecule has 0 bridgehead atoms. The predicted molar refractivity (Wildman–Crippen MR) is 143 cm³/mol. The number of aryl methyl sites for hydroxylation is 1. The van der Waals surface area contributed by atoms with Gasteiger partial charge in [-0.15, -0.1) is 0 Å². The number of ether oxygens (including phenoxy) is 3. The Labute approximate surface area is 224 Å². The van der Waals surface area contributed by atoms with E-state index in [9.17, 15) is 19.8 Å². The fourth-order valence-electron chi connectivity index (χ4n) is 5.35. The molecule has 2 aromatic rings. The van der Waals surface area contributed by atoms with Crippen LogP contribution in [-0.4, -0.2) is 53.5 Å². The normalized spacial score (nSPS) is 15.4. The number of hydrogen-bond donors (Lipinski definition) is 3. The van der Waals surface area contributed by atoms with Crippen LogP contribution in [0.2, 0.25) is 0 Å². The predicted octanol–water partition coefficient (Wildman–Crippen LogP) is 5.06. The lowest BCUT2D eigenvalue weighted by Gasteiger charge is -2.31. The molecule has 8 nitrogen and oxygen atoms in total. The lowest BCUT2D eigenvalue weighted by atomic mass is 9.74. The molecule has 208 valence electrons. The maximum absolute atomic E-state index is 13.4. The number of rotatable bonds is 14. The highest BCUT2D eigenvalue weighted by molar-refractivity contribution is 5.80. The summed E-state index contributed by atoms with van der Waals surface area (Å²) < 4.78 is 16.2. The van der Waals surface area contributed by atoms with E-state index in [1.807, 2.05) is 12.1 Å². The third kappa shape index (κ3) is 8.65. The number of aliphatic hydroxyl groups excluding tert-OH is 1. The maximum Gasteiger partial charge on any atom is 0.302 e. The highest BCUT2D eigenvalue weighted by atomic mass is 16.5. The zero-order chi connectivity index (χ0) is 27.5. The van der Waals surface area contributed by atoms with Gasteiger partial charge in [-0.25, -0.2) is 0 Å². The molecule has 1 fully saturated rings. The third-order valence-corrected chi connectivity index (χ3v) is 7.21. The Morgan fingerprint density at radius 1 is 0.974 bits per heavy atom. The molecule has 0 amide bonds. The summed E-state index contributed by atoms with van der Waals surface area (Å²) in [6, 6.07) is 10.3. The first-order valence-electron chi connectivity index (χ1n) is 13.4. The Balaban J connectivity index is 1.70. The SMILES string of the molecule is COc1cc([C@H](CC(=O)C[C@@H](CCc2ccc(O)c(OCCO)c2)OC(C)=O)C2CCCCC2)ccc1O. The van der Waals surface area contributed by atoms with Gasteiger partial charge in [0.15, 0.2) is 23.0 Å². The van der Waals surface area contributed by atoms with Gasteiger partial charge in [-0.05, 0) is 72.9 Å². The molecule has 0 unspecified atom stereocenters. The number of aliphatic hydroxyl groups is 1. The highest BCUT2D eigenvalue weighted by Crippen LogP contribution is 2.41. The number of esters is 1. The van der Waals surface area contributed by atoms with E-state index in [0.29, 0.717) is 30.9 Å². The van der Waals surface area contributed by atoms with Gasteiger partial charge in [0.2, 0.25) is 0 Å². The van der Waals surface area contributed by atoms with Crippen LogP contribution in [0.3, 0.4) is 0 Å². The molecule has 38 heavy (non-hydrogen) atoms. The number of carbonyl (C=O) groups excluding carboxylic acids is 2. The van der Waals surface area contributed by atoms with Crippen molar-refractivity contribution >= 4 is 11.8 Å². The summed E-state index contributed by atoms with van der Waals surface area (Å²) in [6.07, 6.45) is 6.41. The molecule has 0 spiro atoms. The molecule has 1 saturated carbocycles. The van der Waals surface area contributed by atoms with E-state index in [0.717, 1.165) is 36.8 Å². The van der Waals surface area contributed by atoms with Gasteiger partial charge in [-0.2, -0.15) is 0 Å². The summed E-state index contributed by atoms with van der Waals surface area (Å²) in [5, 5.41) is 29.0. The van der Waals surface area contributed by atoms with Gasteiger partial charge >= 0.3 is 5.97 Å². The van der Waals surface area contributed by atoms with Crippen LogP contribution >= 0.6 is 0 Å². The van der Waals surface area contributed by atoms with Crippen LogP contribution in [0, 0.1) is 5.92 Å². The smallest absolute Gasteiger partial charge is 0.302 e. The minimum atomic E-state index is -0.572. The van der Waals surface area contributed by atoms with Gasteiger partial charge in [0, 0.05) is 19.8 Å². The zero-order valence-electron chi connectivity index (χ0n) is 22.4. The van der Waals surface area contributed by atoms with E-state index >= 15 is 0 Å². The number of ketones is 1. The molecule has 2 aromatic carbocycles. The minimum Gasteiger partial charge on any atom is -0.504 e. The Bertz CT molecular complexity index is 1060. The molecule has 1 aliphatic rings. The molecule has 0 heterocycles. The number of phenols is 2. The van der Waals surface area contributed by atoms with E-state index in [1.165, 1.54) is 26.5 Å². The average Bonchev–Trinajstić information content (AvgIpc) is 2.91. The second-order valence-corrected chi connectivity index (χ2v) is 10.0. The molecule has 3 rings (SSSR count). The van der Waals surface area contributed by atoms with Crippen molar-refractivity contribution in [3.8, 4) is 23.0 Å². The number of hydrogen-bond acceptors (Lipinski definition) is 8. The number of phenolic OH excluding ortho intramolecular Hbond substituents is 2. The first kappa shape index (κ1) is 29.3. The van der Waals surface area contributed by atoms with Gasteiger partial charge in [0.1, 0.15) is 18.5 Å². The standard InChI is InChI=1S/C30H40O8/c1-20(32)38-25(11-8-21-9-12-28(35)30(16-21)37-15-14-31)18-24(33)19-26(22-6-4-3-5-7-22)23-10-13-27(34)29(17-23)36-2/h9-10,12-13,16-17,22,25-26,31,34-35H,3-8,11,14-15,18-19H2,1-2H3/t25-,26-/m1/s1. The van der Waals surface area contributed by atoms with E-state index in [-0.39, 0.29) is 48.6 Å². The Hall–Kier alpha value is -3.26. The molecule has 1 aliphatic carbocycles. The largest absolute Gasteiger partial charge is 0.504 e. The summed E-state index contributed by atoms with van der Waals surface area (Å²) in [5.74, 6) is 0.667. The van der Waals surface area contributed by atoms with Crippen LogP contribution in [0.1, 0.15) is 75.3 Å². The maximum atomic E-state index is 13.4. The third-order valence-electron chi connectivity index (χ3n) is 7.21. The van der Waals surface area contributed by atoms with E-state index in [2.05, 4.69) is 0 Å². The van der Waals surface area contributed by atoms with Crippen LogP contribution in [0.15, 0.2) is 36.4 Å². The topological polar surface area (TPSA) is 123 Å². The van der Waals surface area contributed by atoms with Crippen molar-refractivity contribution in [1.29, 1.82) is 0 Å². The van der Waals surface area contributed by atoms with E-state index < -0.39 is 12.1 Å². The molecule has 0 saturated heterocycles. The molecule has 2 atom stereocenters. The summed E-state index contributed by atoms with van der Waals surface area (Å²) in [7, 11) is 1.51. The summed E-state index contributed by atoms with van der Waals surface area (Å²) in [4.78, 5) is 25.2. The Morgan fingerprint density at radius 3 is 2.37 bits per heavy atom. The second kappa shape index (κ2) is 14.6. The van der Waals surface area contributed by atoms with E-state index in [1.54, 1.807) is 18.2 Å². The zero-order valence-corrected chi connectivity index (χ0v) is 22.4. The van der Waals surface area contributed by atoms with Crippen LogP contribution in [-0.2, 0) is 20.7 Å². The molecular weight excluding hydrogens is 488 g/mol. The van der Waals surface area contributed by atoms with Gasteiger partial charge < -0.3 is 29.5 Å². The average molecular weight is 529 g/mol.